The molecule has 2 aromatic rings. The van der Waals surface area contributed by atoms with Gasteiger partial charge in [0.05, 0.1) is 6.61 Å². The summed E-state index contributed by atoms with van der Waals surface area (Å²) in [5.74, 6) is -2.89. The van der Waals surface area contributed by atoms with Crippen LogP contribution in [-0.2, 0) is 14.3 Å². The smallest absolute Gasteiger partial charge is 0.331 e. The molecular formula is C19H17F2NO4. The Hall–Kier alpha value is -3.22. The molecule has 2 aromatic carbocycles. The minimum Gasteiger partial charge on any atom is -0.493 e. The quantitative estimate of drug-likeness (QED) is 0.605. The highest BCUT2D eigenvalue weighted by Gasteiger charge is 2.08. The highest BCUT2D eigenvalue weighted by Crippen LogP contribution is 2.19. The fourth-order valence-electron chi connectivity index (χ4n) is 2.02. The molecule has 0 unspecified atom stereocenters. The Labute approximate surface area is 149 Å². The van der Waals surface area contributed by atoms with Crippen molar-refractivity contribution in [3.63, 3.8) is 0 Å². The van der Waals surface area contributed by atoms with E-state index >= 15 is 0 Å². The minimum absolute atomic E-state index is 0.0612. The molecule has 0 atom stereocenters. The van der Waals surface area contributed by atoms with Crippen molar-refractivity contribution in [3.05, 3.63) is 65.7 Å². The molecule has 0 aromatic heterocycles. The molecule has 136 valence electrons. The number of amides is 1. The van der Waals surface area contributed by atoms with Gasteiger partial charge in [0.2, 0.25) is 0 Å². The van der Waals surface area contributed by atoms with Crippen LogP contribution in [0.25, 0.3) is 6.08 Å². The third kappa shape index (κ3) is 5.70. The molecule has 0 saturated heterocycles. The van der Waals surface area contributed by atoms with Gasteiger partial charge >= 0.3 is 5.97 Å². The molecule has 0 fully saturated rings. The molecule has 0 bridgehead atoms. The Kier molecular flexibility index (Phi) is 6.84. The number of hydrogen-bond donors (Lipinski definition) is 1. The number of nitrogens with one attached hydrogen (secondary N) is 1. The van der Waals surface area contributed by atoms with Gasteiger partial charge in [0.15, 0.2) is 18.2 Å². The van der Waals surface area contributed by atoms with E-state index in [9.17, 15) is 18.4 Å². The van der Waals surface area contributed by atoms with Crippen LogP contribution in [0.3, 0.4) is 0 Å². The number of anilines is 1. The van der Waals surface area contributed by atoms with Crippen molar-refractivity contribution < 1.29 is 27.8 Å². The maximum atomic E-state index is 13.1. The molecule has 2 rings (SSSR count). The molecule has 1 amide bonds. The largest absolute Gasteiger partial charge is 0.493 e. The van der Waals surface area contributed by atoms with E-state index in [1.807, 2.05) is 13.0 Å². The van der Waals surface area contributed by atoms with Crippen LogP contribution in [0.2, 0.25) is 0 Å². The van der Waals surface area contributed by atoms with Gasteiger partial charge in [0.25, 0.3) is 5.91 Å². The normalized spacial score (nSPS) is 10.6. The van der Waals surface area contributed by atoms with Crippen molar-refractivity contribution in [2.24, 2.45) is 0 Å². The second kappa shape index (κ2) is 9.31. The topological polar surface area (TPSA) is 64.6 Å². The third-order valence-electron chi connectivity index (χ3n) is 3.17. The Balaban J connectivity index is 1.86. The van der Waals surface area contributed by atoms with E-state index in [0.29, 0.717) is 17.9 Å². The van der Waals surface area contributed by atoms with Gasteiger partial charge in [-0.15, -0.1) is 0 Å². The van der Waals surface area contributed by atoms with E-state index in [4.69, 9.17) is 9.47 Å². The molecule has 0 heterocycles. The van der Waals surface area contributed by atoms with Crippen LogP contribution >= 0.6 is 0 Å². The summed E-state index contributed by atoms with van der Waals surface area (Å²) in [6, 6.07) is 10.1. The monoisotopic (exact) mass is 361 g/mol. The van der Waals surface area contributed by atoms with Gasteiger partial charge in [0.1, 0.15) is 5.75 Å². The number of halogens is 2. The van der Waals surface area contributed by atoms with Crippen molar-refractivity contribution in [1.29, 1.82) is 0 Å². The number of carbonyl (C=O) groups excluding carboxylic acids is 2. The first-order valence-corrected chi connectivity index (χ1v) is 7.81. The zero-order chi connectivity index (χ0) is 18.9. The average Bonchev–Trinajstić information content (AvgIpc) is 2.62. The standard InChI is InChI=1S/C19H17F2NO4/c1-2-25-17-6-4-3-5-13(17)7-10-19(24)26-12-18(23)22-14-8-9-15(20)16(21)11-14/h3-11H,2,12H2,1H3,(H,22,23)/b10-7+. The maximum Gasteiger partial charge on any atom is 0.331 e. The van der Waals surface area contributed by atoms with Crippen molar-refractivity contribution in [2.45, 2.75) is 6.92 Å². The van der Waals surface area contributed by atoms with Gasteiger partial charge in [-0.25, -0.2) is 13.6 Å². The zero-order valence-electron chi connectivity index (χ0n) is 14.0. The summed E-state index contributed by atoms with van der Waals surface area (Å²) >= 11 is 0. The van der Waals surface area contributed by atoms with Crippen molar-refractivity contribution >= 4 is 23.6 Å². The van der Waals surface area contributed by atoms with E-state index in [0.717, 1.165) is 12.1 Å². The third-order valence-corrected chi connectivity index (χ3v) is 3.17. The van der Waals surface area contributed by atoms with E-state index < -0.39 is 30.1 Å². The van der Waals surface area contributed by atoms with Crippen LogP contribution < -0.4 is 10.1 Å². The van der Waals surface area contributed by atoms with E-state index in [1.165, 1.54) is 18.2 Å². The minimum atomic E-state index is -1.09. The number of rotatable bonds is 7. The molecule has 0 spiro atoms. The van der Waals surface area contributed by atoms with Gasteiger partial charge in [-0.2, -0.15) is 0 Å². The zero-order valence-corrected chi connectivity index (χ0v) is 14.0. The molecule has 0 aliphatic heterocycles. The average molecular weight is 361 g/mol. The van der Waals surface area contributed by atoms with Gasteiger partial charge in [0, 0.05) is 23.4 Å². The SMILES string of the molecule is CCOc1ccccc1/C=C/C(=O)OCC(=O)Nc1ccc(F)c(F)c1. The lowest BCUT2D eigenvalue weighted by molar-refractivity contribution is -0.142. The second-order valence-electron chi connectivity index (χ2n) is 5.09. The molecule has 26 heavy (non-hydrogen) atoms. The fourth-order valence-corrected chi connectivity index (χ4v) is 2.02. The highest BCUT2D eigenvalue weighted by atomic mass is 19.2. The van der Waals surface area contributed by atoms with Gasteiger partial charge < -0.3 is 14.8 Å². The number of hydrogen-bond acceptors (Lipinski definition) is 4. The van der Waals surface area contributed by atoms with E-state index in [-0.39, 0.29) is 5.69 Å². The number of ether oxygens (including phenoxy) is 2. The predicted molar refractivity (Wildman–Crippen MR) is 92.6 cm³/mol. The number of para-hydroxylation sites is 1. The highest BCUT2D eigenvalue weighted by molar-refractivity contribution is 5.94. The van der Waals surface area contributed by atoms with Gasteiger partial charge in [-0.3, -0.25) is 4.79 Å². The van der Waals surface area contributed by atoms with Crippen molar-refractivity contribution in [3.8, 4) is 5.75 Å². The van der Waals surface area contributed by atoms with Crippen LogP contribution in [-0.4, -0.2) is 25.1 Å². The van der Waals surface area contributed by atoms with E-state index in [2.05, 4.69) is 5.32 Å². The molecule has 0 aliphatic carbocycles. The molecule has 0 radical (unpaired) electrons. The van der Waals surface area contributed by atoms with Crippen molar-refractivity contribution in [2.75, 3.05) is 18.5 Å². The first-order chi connectivity index (χ1) is 12.5. The number of benzene rings is 2. The number of carbonyl (C=O) groups is 2. The summed E-state index contributed by atoms with van der Waals surface area (Å²) in [7, 11) is 0. The Bertz CT molecular complexity index is 821. The van der Waals surface area contributed by atoms with Crippen molar-refractivity contribution in [1.82, 2.24) is 0 Å². The summed E-state index contributed by atoms with van der Waals surface area (Å²) in [4.78, 5) is 23.4. The first kappa shape index (κ1) is 19.1. The van der Waals surface area contributed by atoms with Crippen LogP contribution in [0, 0.1) is 11.6 Å². The summed E-state index contributed by atoms with van der Waals surface area (Å²) in [6.45, 7) is 1.77. The summed E-state index contributed by atoms with van der Waals surface area (Å²) in [6.07, 6.45) is 2.68. The van der Waals surface area contributed by atoms with Gasteiger partial charge in [-0.1, -0.05) is 18.2 Å². The molecular weight excluding hydrogens is 344 g/mol. The first-order valence-electron chi connectivity index (χ1n) is 7.81. The molecule has 1 N–H and O–H groups in total. The Morgan fingerprint density at radius 3 is 2.62 bits per heavy atom. The maximum absolute atomic E-state index is 13.1. The molecule has 0 saturated carbocycles. The van der Waals surface area contributed by atoms with E-state index in [1.54, 1.807) is 18.2 Å². The second-order valence-corrected chi connectivity index (χ2v) is 5.09. The van der Waals surface area contributed by atoms with Gasteiger partial charge in [-0.05, 0) is 31.2 Å². The van der Waals surface area contributed by atoms with Crippen LogP contribution in [0.1, 0.15) is 12.5 Å². The van der Waals surface area contributed by atoms with Crippen LogP contribution in [0.15, 0.2) is 48.5 Å². The van der Waals surface area contributed by atoms with Crippen LogP contribution in [0.4, 0.5) is 14.5 Å². The summed E-state index contributed by atoms with van der Waals surface area (Å²) in [5, 5.41) is 2.30. The van der Waals surface area contributed by atoms with Crippen LogP contribution in [0.5, 0.6) is 5.75 Å². The molecule has 0 aliphatic rings. The summed E-state index contributed by atoms with van der Waals surface area (Å²) < 4.78 is 36.1. The lowest BCUT2D eigenvalue weighted by atomic mass is 10.2. The fraction of sp³-hybridized carbons (Fsp3) is 0.158. The molecule has 7 heteroatoms. The Morgan fingerprint density at radius 1 is 1.12 bits per heavy atom. The summed E-state index contributed by atoms with van der Waals surface area (Å²) in [5.41, 5.74) is 0.753. The lowest BCUT2D eigenvalue weighted by Crippen LogP contribution is -2.20. The molecule has 5 nitrogen and oxygen atoms in total. The number of esters is 1. The predicted octanol–water partition coefficient (Wildman–Crippen LogP) is 3.56. The lowest BCUT2D eigenvalue weighted by Gasteiger charge is -2.07. The Morgan fingerprint density at radius 2 is 1.88 bits per heavy atom.